The predicted octanol–water partition coefficient (Wildman–Crippen LogP) is 2.69. The molecule has 1 N–H and O–H groups in total. The van der Waals surface area contributed by atoms with E-state index in [9.17, 15) is 5.11 Å². The molecule has 0 atom stereocenters. The molecular formula is C11H20N2O. The Bertz CT molecular complexity index is 297. The number of unbranched alkanes of at least 4 members (excludes halogenated alkanes) is 1. The summed E-state index contributed by atoms with van der Waals surface area (Å²) in [6.07, 6.45) is 2.17. The number of aromatic hydroxyl groups is 1. The fourth-order valence-electron chi connectivity index (χ4n) is 1.25. The van der Waals surface area contributed by atoms with Crippen LogP contribution in [-0.4, -0.2) is 14.9 Å². The summed E-state index contributed by atoms with van der Waals surface area (Å²) >= 11 is 0. The number of aryl methyl sites for hydroxylation is 1. The highest BCUT2D eigenvalue weighted by atomic mass is 16.3. The Morgan fingerprint density at radius 3 is 2.50 bits per heavy atom. The lowest BCUT2D eigenvalue weighted by atomic mass is 9.93. The van der Waals surface area contributed by atoms with E-state index in [2.05, 4.69) is 32.8 Å². The van der Waals surface area contributed by atoms with Crippen molar-refractivity contribution in [2.45, 2.75) is 52.5 Å². The summed E-state index contributed by atoms with van der Waals surface area (Å²) in [5.74, 6) is 0.281. The summed E-state index contributed by atoms with van der Waals surface area (Å²) in [7, 11) is 0. The Morgan fingerprint density at radius 1 is 1.43 bits per heavy atom. The molecule has 0 unspecified atom stereocenters. The summed E-state index contributed by atoms with van der Waals surface area (Å²) in [6.45, 7) is 9.22. The van der Waals surface area contributed by atoms with Gasteiger partial charge in [0.1, 0.15) is 0 Å². The minimum absolute atomic E-state index is 0.00887. The molecule has 1 aromatic rings. The maximum atomic E-state index is 9.62. The van der Waals surface area contributed by atoms with Gasteiger partial charge in [0, 0.05) is 18.0 Å². The van der Waals surface area contributed by atoms with Gasteiger partial charge in [-0.25, -0.2) is 4.68 Å². The SMILES string of the molecule is CCCCn1nc(C(C)(C)C)cc1O. The van der Waals surface area contributed by atoms with E-state index < -0.39 is 0 Å². The highest BCUT2D eigenvalue weighted by Gasteiger charge is 2.19. The van der Waals surface area contributed by atoms with Gasteiger partial charge in [0.15, 0.2) is 0 Å². The first-order chi connectivity index (χ1) is 6.45. The number of nitrogens with zero attached hydrogens (tertiary/aromatic N) is 2. The van der Waals surface area contributed by atoms with Crippen molar-refractivity contribution in [3.05, 3.63) is 11.8 Å². The molecule has 0 saturated carbocycles. The quantitative estimate of drug-likeness (QED) is 0.807. The van der Waals surface area contributed by atoms with Crippen LogP contribution in [0.4, 0.5) is 0 Å². The van der Waals surface area contributed by atoms with Crippen LogP contribution >= 0.6 is 0 Å². The summed E-state index contributed by atoms with van der Waals surface area (Å²) in [5, 5.41) is 14.0. The summed E-state index contributed by atoms with van der Waals surface area (Å²) in [4.78, 5) is 0. The second kappa shape index (κ2) is 4.03. The van der Waals surface area contributed by atoms with Gasteiger partial charge < -0.3 is 5.11 Å². The van der Waals surface area contributed by atoms with Gasteiger partial charge >= 0.3 is 0 Å². The molecule has 1 heterocycles. The van der Waals surface area contributed by atoms with E-state index in [0.29, 0.717) is 0 Å². The second-order valence-electron chi connectivity index (χ2n) is 4.71. The number of hydrogen-bond acceptors (Lipinski definition) is 2. The van der Waals surface area contributed by atoms with Crippen molar-refractivity contribution in [3.8, 4) is 5.88 Å². The number of aromatic nitrogens is 2. The van der Waals surface area contributed by atoms with Crippen LogP contribution in [0.3, 0.4) is 0 Å². The van der Waals surface area contributed by atoms with Gasteiger partial charge in [-0.15, -0.1) is 0 Å². The fraction of sp³-hybridized carbons (Fsp3) is 0.727. The van der Waals surface area contributed by atoms with Crippen molar-refractivity contribution >= 4 is 0 Å². The molecule has 80 valence electrons. The lowest BCUT2D eigenvalue weighted by Gasteiger charge is -2.13. The van der Waals surface area contributed by atoms with Crippen molar-refractivity contribution in [2.24, 2.45) is 0 Å². The Hall–Kier alpha value is -0.990. The third-order valence-electron chi connectivity index (χ3n) is 2.25. The van der Waals surface area contributed by atoms with Gasteiger partial charge in [-0.2, -0.15) is 5.10 Å². The molecule has 0 bridgehead atoms. The average Bonchev–Trinajstić information content (AvgIpc) is 2.43. The molecule has 0 aliphatic rings. The van der Waals surface area contributed by atoms with Gasteiger partial charge in [-0.1, -0.05) is 34.1 Å². The fourth-order valence-corrected chi connectivity index (χ4v) is 1.25. The van der Waals surface area contributed by atoms with Gasteiger partial charge in [-0.3, -0.25) is 0 Å². The smallest absolute Gasteiger partial charge is 0.209 e. The van der Waals surface area contributed by atoms with Crippen molar-refractivity contribution in [1.82, 2.24) is 9.78 Å². The van der Waals surface area contributed by atoms with Gasteiger partial charge in [0.05, 0.1) is 5.69 Å². The van der Waals surface area contributed by atoms with E-state index in [1.54, 1.807) is 10.7 Å². The standard InChI is InChI=1S/C11H20N2O/c1-5-6-7-13-10(14)8-9(12-13)11(2,3)4/h8,14H,5-7H2,1-4H3. The zero-order chi connectivity index (χ0) is 10.8. The first-order valence-corrected chi connectivity index (χ1v) is 5.22. The monoisotopic (exact) mass is 196 g/mol. The van der Waals surface area contributed by atoms with Crippen LogP contribution in [0.15, 0.2) is 6.07 Å². The molecule has 3 heteroatoms. The van der Waals surface area contributed by atoms with E-state index in [1.807, 2.05) is 0 Å². The topological polar surface area (TPSA) is 38.0 Å². The highest BCUT2D eigenvalue weighted by molar-refractivity contribution is 5.20. The molecule has 0 saturated heterocycles. The molecule has 1 rings (SSSR count). The molecule has 0 aliphatic carbocycles. The molecule has 0 aromatic carbocycles. The predicted molar refractivity (Wildman–Crippen MR) is 57.5 cm³/mol. The molecule has 1 aromatic heterocycles. The lowest BCUT2D eigenvalue weighted by molar-refractivity contribution is 0.392. The zero-order valence-electron chi connectivity index (χ0n) is 9.54. The van der Waals surface area contributed by atoms with Crippen molar-refractivity contribution < 1.29 is 5.11 Å². The van der Waals surface area contributed by atoms with Crippen LogP contribution in [0.2, 0.25) is 0 Å². The third-order valence-corrected chi connectivity index (χ3v) is 2.25. The average molecular weight is 196 g/mol. The molecule has 0 radical (unpaired) electrons. The molecule has 0 aliphatic heterocycles. The van der Waals surface area contributed by atoms with Crippen molar-refractivity contribution in [2.75, 3.05) is 0 Å². The lowest BCUT2D eigenvalue weighted by Crippen LogP contribution is -2.13. The Kier molecular flexibility index (Phi) is 3.19. The molecule has 14 heavy (non-hydrogen) atoms. The first kappa shape index (κ1) is 11.1. The molecule has 0 amide bonds. The van der Waals surface area contributed by atoms with E-state index in [1.165, 1.54) is 0 Å². The summed E-state index contributed by atoms with van der Waals surface area (Å²) < 4.78 is 1.68. The van der Waals surface area contributed by atoms with E-state index in [4.69, 9.17) is 0 Å². The third kappa shape index (κ3) is 2.50. The number of rotatable bonds is 3. The Balaban J connectivity index is 2.82. The Morgan fingerprint density at radius 2 is 2.07 bits per heavy atom. The first-order valence-electron chi connectivity index (χ1n) is 5.22. The van der Waals surface area contributed by atoms with E-state index >= 15 is 0 Å². The van der Waals surface area contributed by atoms with Crippen LogP contribution < -0.4 is 0 Å². The normalized spacial score (nSPS) is 12.0. The molecule has 3 nitrogen and oxygen atoms in total. The second-order valence-corrected chi connectivity index (χ2v) is 4.71. The van der Waals surface area contributed by atoms with Gasteiger partial charge in [0.25, 0.3) is 0 Å². The van der Waals surface area contributed by atoms with Crippen LogP contribution in [0, 0.1) is 0 Å². The maximum absolute atomic E-state index is 9.62. The summed E-state index contributed by atoms with van der Waals surface area (Å²) in [6, 6.07) is 1.76. The van der Waals surface area contributed by atoms with Crippen LogP contribution in [0.5, 0.6) is 5.88 Å². The van der Waals surface area contributed by atoms with Gasteiger partial charge in [0.2, 0.25) is 5.88 Å². The molecule has 0 fully saturated rings. The van der Waals surface area contributed by atoms with E-state index in [0.717, 1.165) is 25.1 Å². The molecular weight excluding hydrogens is 176 g/mol. The Labute approximate surface area is 85.8 Å². The van der Waals surface area contributed by atoms with Crippen LogP contribution in [-0.2, 0) is 12.0 Å². The minimum atomic E-state index is 0.00887. The largest absolute Gasteiger partial charge is 0.493 e. The van der Waals surface area contributed by atoms with Crippen molar-refractivity contribution in [3.63, 3.8) is 0 Å². The van der Waals surface area contributed by atoms with E-state index in [-0.39, 0.29) is 11.3 Å². The van der Waals surface area contributed by atoms with Crippen LogP contribution in [0.25, 0.3) is 0 Å². The van der Waals surface area contributed by atoms with Crippen LogP contribution in [0.1, 0.15) is 46.2 Å². The minimum Gasteiger partial charge on any atom is -0.493 e. The zero-order valence-corrected chi connectivity index (χ0v) is 9.54. The maximum Gasteiger partial charge on any atom is 0.209 e. The van der Waals surface area contributed by atoms with Crippen molar-refractivity contribution in [1.29, 1.82) is 0 Å². The highest BCUT2D eigenvalue weighted by Crippen LogP contribution is 2.24. The molecule has 0 spiro atoms. The number of hydrogen-bond donors (Lipinski definition) is 1. The van der Waals surface area contributed by atoms with Gasteiger partial charge in [-0.05, 0) is 6.42 Å². The summed E-state index contributed by atoms with van der Waals surface area (Å²) in [5.41, 5.74) is 0.959.